The molecule has 0 aliphatic carbocycles. The van der Waals surface area contributed by atoms with Crippen LogP contribution in [0.5, 0.6) is 0 Å². The van der Waals surface area contributed by atoms with Gasteiger partial charge in [0.2, 0.25) is 0 Å². The van der Waals surface area contributed by atoms with E-state index in [2.05, 4.69) is 14.8 Å². The number of nitrogens with one attached hydrogen (secondary N) is 1. The lowest BCUT2D eigenvalue weighted by atomic mass is 10.3. The van der Waals surface area contributed by atoms with Crippen LogP contribution in [0.15, 0.2) is 11.1 Å². The summed E-state index contributed by atoms with van der Waals surface area (Å²) in [7, 11) is -1.55. The summed E-state index contributed by atoms with van der Waals surface area (Å²) in [5.41, 5.74) is 7.63. The van der Waals surface area contributed by atoms with Crippen LogP contribution in [0.1, 0.15) is 24.6 Å². The van der Waals surface area contributed by atoms with Crippen LogP contribution in [-0.4, -0.2) is 28.3 Å². The fourth-order valence-electron chi connectivity index (χ4n) is 2.08. The third kappa shape index (κ3) is 3.35. The number of rotatable bonds is 6. The molecular formula is C12H19N5O2S2. The van der Waals surface area contributed by atoms with E-state index in [1.165, 1.54) is 0 Å². The molecule has 0 saturated heterocycles. The van der Waals surface area contributed by atoms with E-state index in [-0.39, 0.29) is 16.5 Å². The molecule has 116 valence electrons. The molecule has 2 aromatic heterocycles. The molecule has 2 rings (SSSR count). The van der Waals surface area contributed by atoms with E-state index in [1.54, 1.807) is 4.68 Å². The van der Waals surface area contributed by atoms with Crippen molar-refractivity contribution in [2.45, 2.75) is 31.7 Å². The van der Waals surface area contributed by atoms with Crippen LogP contribution in [0.4, 0.5) is 10.8 Å². The van der Waals surface area contributed by atoms with Gasteiger partial charge in [0, 0.05) is 25.4 Å². The Labute approximate surface area is 128 Å². The highest BCUT2D eigenvalue weighted by Crippen LogP contribution is 2.33. The van der Waals surface area contributed by atoms with Crippen LogP contribution < -0.4 is 11.1 Å². The van der Waals surface area contributed by atoms with Gasteiger partial charge in [-0.1, -0.05) is 6.92 Å². The Kier molecular flexibility index (Phi) is 4.52. The number of sulfone groups is 1. The predicted octanol–water partition coefficient (Wildman–Crippen LogP) is 1.56. The highest BCUT2D eigenvalue weighted by molar-refractivity contribution is 7.91. The number of aryl methyl sites for hydroxylation is 2. The molecule has 0 radical (unpaired) electrons. The lowest BCUT2D eigenvalue weighted by Crippen LogP contribution is -2.10. The van der Waals surface area contributed by atoms with Crippen LogP contribution in [0.25, 0.3) is 0 Å². The zero-order chi connectivity index (χ0) is 15.6. The minimum Gasteiger partial charge on any atom is -0.382 e. The lowest BCUT2D eigenvalue weighted by Gasteiger charge is -2.07. The third-order valence-corrected chi connectivity index (χ3v) is 5.94. The van der Waals surface area contributed by atoms with Crippen molar-refractivity contribution in [1.29, 1.82) is 0 Å². The zero-order valence-electron chi connectivity index (χ0n) is 12.3. The standard InChI is InChI=1S/C12H19N5O2S2/c1-4-5-21(18,19)10-11(13)16-20-12(10)14-6-9-7-17(3)15-8(9)2/h7,14H,4-6H2,1-3H3,(H2,13,16). The van der Waals surface area contributed by atoms with E-state index >= 15 is 0 Å². The maximum atomic E-state index is 12.2. The first-order valence-electron chi connectivity index (χ1n) is 6.56. The minimum absolute atomic E-state index is 0.0657. The van der Waals surface area contributed by atoms with E-state index in [9.17, 15) is 8.42 Å². The summed E-state index contributed by atoms with van der Waals surface area (Å²) in [6.07, 6.45) is 2.44. The van der Waals surface area contributed by atoms with Crippen LogP contribution in [0.2, 0.25) is 0 Å². The van der Waals surface area contributed by atoms with Crippen LogP contribution in [-0.2, 0) is 23.4 Å². The summed E-state index contributed by atoms with van der Waals surface area (Å²) in [5, 5.41) is 7.85. The Morgan fingerprint density at radius 3 is 2.76 bits per heavy atom. The third-order valence-electron chi connectivity index (χ3n) is 3.01. The first kappa shape index (κ1) is 15.8. The molecule has 0 bridgehead atoms. The molecule has 0 fully saturated rings. The summed E-state index contributed by atoms with van der Waals surface area (Å²) in [6.45, 7) is 4.21. The molecule has 2 heterocycles. The minimum atomic E-state index is -3.40. The van der Waals surface area contributed by atoms with Crippen molar-refractivity contribution in [3.8, 4) is 0 Å². The molecule has 7 nitrogen and oxygen atoms in total. The average Bonchev–Trinajstić information content (AvgIpc) is 2.90. The molecule has 0 aliphatic heterocycles. The molecule has 0 atom stereocenters. The SMILES string of the molecule is CCCS(=O)(=O)c1c(N)nsc1NCc1cn(C)nc1C. The summed E-state index contributed by atoms with van der Waals surface area (Å²) in [4.78, 5) is 0.121. The van der Waals surface area contributed by atoms with Gasteiger partial charge in [0.1, 0.15) is 9.90 Å². The number of nitrogens with two attached hydrogens (primary N) is 1. The second-order valence-corrected chi connectivity index (χ2v) is 7.63. The Bertz CT molecular complexity index is 733. The number of hydrogen-bond donors (Lipinski definition) is 2. The van der Waals surface area contributed by atoms with E-state index in [0.717, 1.165) is 22.8 Å². The second-order valence-electron chi connectivity index (χ2n) is 4.81. The molecule has 0 aliphatic rings. The monoisotopic (exact) mass is 329 g/mol. The van der Waals surface area contributed by atoms with E-state index in [4.69, 9.17) is 5.73 Å². The molecule has 2 aromatic rings. The number of hydrogen-bond acceptors (Lipinski definition) is 7. The number of aromatic nitrogens is 3. The molecule has 9 heteroatoms. The number of anilines is 2. The van der Waals surface area contributed by atoms with Crippen molar-refractivity contribution in [2.75, 3.05) is 16.8 Å². The molecule has 0 spiro atoms. The predicted molar refractivity (Wildman–Crippen MR) is 84.1 cm³/mol. The molecule has 21 heavy (non-hydrogen) atoms. The van der Waals surface area contributed by atoms with Gasteiger partial charge < -0.3 is 11.1 Å². The molecular weight excluding hydrogens is 310 g/mol. The lowest BCUT2D eigenvalue weighted by molar-refractivity contribution is 0.595. The Morgan fingerprint density at radius 2 is 2.19 bits per heavy atom. The maximum Gasteiger partial charge on any atom is 0.185 e. The topological polar surface area (TPSA) is 103 Å². The van der Waals surface area contributed by atoms with Crippen molar-refractivity contribution in [3.63, 3.8) is 0 Å². The highest BCUT2D eigenvalue weighted by Gasteiger charge is 2.24. The van der Waals surface area contributed by atoms with Gasteiger partial charge in [-0.3, -0.25) is 4.68 Å². The van der Waals surface area contributed by atoms with Crippen molar-refractivity contribution in [2.24, 2.45) is 7.05 Å². The molecule has 0 aromatic carbocycles. The van der Waals surface area contributed by atoms with Crippen molar-refractivity contribution in [1.82, 2.24) is 14.2 Å². The zero-order valence-corrected chi connectivity index (χ0v) is 13.9. The summed E-state index contributed by atoms with van der Waals surface area (Å²) in [5.74, 6) is 0.134. The second kappa shape index (κ2) is 6.02. The van der Waals surface area contributed by atoms with E-state index in [1.807, 2.05) is 27.1 Å². The molecule has 0 amide bonds. The Hall–Kier alpha value is -1.61. The van der Waals surface area contributed by atoms with Gasteiger partial charge in [-0.25, -0.2) is 8.42 Å². The van der Waals surface area contributed by atoms with Crippen molar-refractivity contribution >= 4 is 32.2 Å². The maximum absolute atomic E-state index is 12.2. The average molecular weight is 329 g/mol. The smallest absolute Gasteiger partial charge is 0.185 e. The first-order valence-corrected chi connectivity index (χ1v) is 8.98. The fourth-order valence-corrected chi connectivity index (χ4v) is 4.69. The van der Waals surface area contributed by atoms with E-state index < -0.39 is 9.84 Å². The number of nitrogen functional groups attached to an aromatic ring is 1. The van der Waals surface area contributed by atoms with Crippen LogP contribution >= 0.6 is 11.5 Å². The fraction of sp³-hybridized carbons (Fsp3) is 0.500. The van der Waals surface area contributed by atoms with Gasteiger partial charge in [0.15, 0.2) is 15.7 Å². The van der Waals surface area contributed by atoms with Gasteiger partial charge in [0.25, 0.3) is 0 Å². The molecule has 0 saturated carbocycles. The van der Waals surface area contributed by atoms with E-state index in [0.29, 0.717) is 18.0 Å². The summed E-state index contributed by atoms with van der Waals surface area (Å²) < 4.78 is 30.2. The quantitative estimate of drug-likeness (QED) is 0.834. The normalized spacial score (nSPS) is 11.8. The number of nitrogens with zero attached hydrogens (tertiary/aromatic N) is 3. The van der Waals surface area contributed by atoms with Gasteiger partial charge in [0.05, 0.1) is 11.4 Å². The molecule has 3 N–H and O–H groups in total. The Balaban J connectivity index is 2.24. The van der Waals surface area contributed by atoms with Crippen LogP contribution in [0.3, 0.4) is 0 Å². The van der Waals surface area contributed by atoms with Crippen molar-refractivity contribution < 1.29 is 8.42 Å². The van der Waals surface area contributed by atoms with Gasteiger partial charge in [-0.15, -0.1) is 0 Å². The van der Waals surface area contributed by atoms with Gasteiger partial charge in [-0.2, -0.15) is 9.47 Å². The highest BCUT2D eigenvalue weighted by atomic mass is 32.2. The van der Waals surface area contributed by atoms with Gasteiger partial charge in [-0.05, 0) is 24.9 Å². The largest absolute Gasteiger partial charge is 0.382 e. The van der Waals surface area contributed by atoms with Gasteiger partial charge >= 0.3 is 0 Å². The summed E-state index contributed by atoms with van der Waals surface area (Å²) in [6, 6.07) is 0. The van der Waals surface area contributed by atoms with Crippen LogP contribution in [0, 0.1) is 6.92 Å². The Morgan fingerprint density at radius 1 is 1.48 bits per heavy atom. The first-order chi connectivity index (χ1) is 9.85. The summed E-state index contributed by atoms with van der Waals surface area (Å²) >= 11 is 1.07. The van der Waals surface area contributed by atoms with Crippen molar-refractivity contribution in [3.05, 3.63) is 17.5 Å². The molecule has 0 unspecified atom stereocenters.